The predicted octanol–water partition coefficient (Wildman–Crippen LogP) is 3.56. The highest BCUT2D eigenvalue weighted by Gasteiger charge is 2.42. The number of hydrogen-bond donors (Lipinski definition) is 0. The van der Waals surface area contributed by atoms with Crippen molar-refractivity contribution in [2.75, 3.05) is 20.3 Å². The van der Waals surface area contributed by atoms with Gasteiger partial charge >= 0.3 is 0 Å². The van der Waals surface area contributed by atoms with Crippen molar-refractivity contribution in [1.82, 2.24) is 0 Å². The first-order valence-electron chi connectivity index (χ1n) is 7.02. The molecular formula is C16H23BrO3. The Balaban J connectivity index is 2.01. The van der Waals surface area contributed by atoms with E-state index in [0.29, 0.717) is 18.0 Å². The zero-order valence-corrected chi connectivity index (χ0v) is 14.2. The third-order valence-corrected chi connectivity index (χ3v) is 4.82. The molecule has 4 heteroatoms. The maximum atomic E-state index is 6.21. The summed E-state index contributed by atoms with van der Waals surface area (Å²) in [6.45, 7) is 7.54. The van der Waals surface area contributed by atoms with Crippen molar-refractivity contribution < 1.29 is 14.2 Å². The molecule has 3 unspecified atom stereocenters. The van der Waals surface area contributed by atoms with Gasteiger partial charge in [0.25, 0.3) is 0 Å². The zero-order chi connectivity index (χ0) is 14.7. The Bertz CT molecular complexity index is 461. The monoisotopic (exact) mass is 342 g/mol. The minimum atomic E-state index is 0.101. The molecule has 0 heterocycles. The number of ether oxygens (including phenoxy) is 3. The third-order valence-electron chi connectivity index (χ3n) is 3.92. The van der Waals surface area contributed by atoms with E-state index >= 15 is 0 Å². The molecule has 20 heavy (non-hydrogen) atoms. The van der Waals surface area contributed by atoms with E-state index in [-0.39, 0.29) is 12.2 Å². The topological polar surface area (TPSA) is 27.7 Å². The summed E-state index contributed by atoms with van der Waals surface area (Å²) in [5.41, 5.74) is 3.66. The van der Waals surface area contributed by atoms with E-state index in [0.717, 1.165) is 12.2 Å². The van der Waals surface area contributed by atoms with E-state index in [9.17, 15) is 0 Å². The molecule has 1 aliphatic carbocycles. The van der Waals surface area contributed by atoms with Gasteiger partial charge in [0.15, 0.2) is 0 Å². The maximum absolute atomic E-state index is 6.21. The first kappa shape index (κ1) is 15.8. The molecule has 0 amide bonds. The van der Waals surface area contributed by atoms with Crippen molar-refractivity contribution in [1.29, 1.82) is 0 Å². The van der Waals surface area contributed by atoms with Crippen LogP contribution in [0.2, 0.25) is 0 Å². The van der Waals surface area contributed by atoms with Crippen LogP contribution in [0.4, 0.5) is 0 Å². The molecule has 0 aliphatic heterocycles. The number of methoxy groups -OCH3 is 1. The summed E-state index contributed by atoms with van der Waals surface area (Å²) in [5.74, 6) is 1.01. The Hall–Kier alpha value is -0.580. The van der Waals surface area contributed by atoms with Crippen LogP contribution in [-0.2, 0) is 9.47 Å². The molecular weight excluding hydrogens is 320 g/mol. The minimum absolute atomic E-state index is 0.101. The van der Waals surface area contributed by atoms with Crippen LogP contribution in [0.5, 0.6) is 5.75 Å². The highest BCUT2D eigenvalue weighted by molar-refractivity contribution is 9.09. The largest absolute Gasteiger partial charge is 0.487 e. The molecule has 1 fully saturated rings. The van der Waals surface area contributed by atoms with Gasteiger partial charge in [-0.15, -0.1) is 0 Å². The van der Waals surface area contributed by atoms with E-state index < -0.39 is 0 Å². The normalized spacial score (nSPS) is 25.4. The minimum Gasteiger partial charge on any atom is -0.487 e. The average molecular weight is 343 g/mol. The van der Waals surface area contributed by atoms with Crippen molar-refractivity contribution in [3.63, 3.8) is 0 Å². The van der Waals surface area contributed by atoms with Crippen LogP contribution < -0.4 is 4.74 Å². The summed E-state index contributed by atoms with van der Waals surface area (Å²) >= 11 is 3.64. The van der Waals surface area contributed by atoms with E-state index in [1.807, 2.05) is 0 Å². The average Bonchev–Trinajstić information content (AvgIpc) is 2.42. The van der Waals surface area contributed by atoms with Crippen molar-refractivity contribution >= 4 is 15.9 Å². The van der Waals surface area contributed by atoms with Gasteiger partial charge in [-0.3, -0.25) is 0 Å². The second-order valence-corrected chi connectivity index (χ2v) is 6.57. The first-order valence-corrected chi connectivity index (χ1v) is 7.94. The van der Waals surface area contributed by atoms with Gasteiger partial charge < -0.3 is 14.2 Å². The van der Waals surface area contributed by atoms with Crippen LogP contribution in [0.15, 0.2) is 12.1 Å². The van der Waals surface area contributed by atoms with Crippen molar-refractivity contribution in [2.45, 2.75) is 44.2 Å². The number of benzene rings is 1. The molecule has 3 nitrogen and oxygen atoms in total. The third kappa shape index (κ3) is 3.35. The quantitative estimate of drug-likeness (QED) is 0.584. The number of alkyl halides is 1. The van der Waals surface area contributed by atoms with E-state index in [2.05, 4.69) is 48.8 Å². The van der Waals surface area contributed by atoms with Crippen LogP contribution in [0.1, 0.15) is 23.1 Å². The molecule has 0 aromatic heterocycles. The molecule has 1 aliphatic rings. The van der Waals surface area contributed by atoms with Crippen LogP contribution in [0, 0.1) is 20.8 Å². The molecule has 1 aromatic carbocycles. The van der Waals surface area contributed by atoms with Crippen molar-refractivity contribution in [3.8, 4) is 5.75 Å². The molecule has 1 aromatic rings. The van der Waals surface area contributed by atoms with Gasteiger partial charge in [0, 0.05) is 18.4 Å². The number of rotatable bonds is 6. The second kappa shape index (κ2) is 6.92. The fourth-order valence-corrected chi connectivity index (χ4v) is 3.24. The number of hydrogen-bond acceptors (Lipinski definition) is 3. The van der Waals surface area contributed by atoms with Crippen LogP contribution in [0.25, 0.3) is 0 Å². The van der Waals surface area contributed by atoms with E-state index in [1.54, 1.807) is 7.11 Å². The Labute approximate surface area is 129 Å². The molecule has 1 saturated carbocycles. The maximum Gasteiger partial charge on any atom is 0.127 e. The second-order valence-electron chi connectivity index (χ2n) is 5.39. The van der Waals surface area contributed by atoms with Gasteiger partial charge in [-0.2, -0.15) is 0 Å². The lowest BCUT2D eigenvalue weighted by Crippen LogP contribution is -2.52. The molecule has 0 radical (unpaired) electrons. The lowest BCUT2D eigenvalue weighted by Gasteiger charge is -2.41. The SMILES string of the molecule is COCCOC1C(Br)CC1Oc1c(C)ccc(C)c1C. The predicted molar refractivity (Wildman–Crippen MR) is 84.0 cm³/mol. The lowest BCUT2D eigenvalue weighted by molar-refractivity contribution is -0.0869. The summed E-state index contributed by atoms with van der Waals surface area (Å²) in [7, 11) is 1.68. The van der Waals surface area contributed by atoms with Gasteiger partial charge in [0.2, 0.25) is 0 Å². The van der Waals surface area contributed by atoms with Gasteiger partial charge in [-0.05, 0) is 37.5 Å². The Kier molecular flexibility index (Phi) is 5.47. The summed E-state index contributed by atoms with van der Waals surface area (Å²) in [6, 6.07) is 4.25. The Morgan fingerprint density at radius 3 is 2.50 bits per heavy atom. The highest BCUT2D eigenvalue weighted by Crippen LogP contribution is 2.36. The molecule has 3 atom stereocenters. The van der Waals surface area contributed by atoms with Crippen LogP contribution in [-0.4, -0.2) is 37.4 Å². The van der Waals surface area contributed by atoms with Crippen molar-refractivity contribution in [2.24, 2.45) is 0 Å². The van der Waals surface area contributed by atoms with E-state index in [4.69, 9.17) is 14.2 Å². The molecule has 0 spiro atoms. The Morgan fingerprint density at radius 2 is 1.85 bits per heavy atom. The van der Waals surface area contributed by atoms with Crippen LogP contribution >= 0.6 is 15.9 Å². The summed E-state index contributed by atoms with van der Waals surface area (Å²) in [5, 5.41) is 0. The smallest absolute Gasteiger partial charge is 0.127 e. The molecule has 0 N–H and O–H groups in total. The fraction of sp³-hybridized carbons (Fsp3) is 0.625. The highest BCUT2D eigenvalue weighted by atomic mass is 79.9. The number of halogens is 1. The van der Waals surface area contributed by atoms with Gasteiger partial charge in [0.05, 0.1) is 13.2 Å². The molecule has 0 bridgehead atoms. The summed E-state index contributed by atoms with van der Waals surface area (Å²) < 4.78 is 17.1. The standard InChI is InChI=1S/C16H23BrO3/c1-10-5-6-11(2)15(12(10)3)20-14-9-13(17)16(14)19-8-7-18-4/h5-6,13-14,16H,7-9H2,1-4H3. The zero-order valence-electron chi connectivity index (χ0n) is 12.6. The molecule has 112 valence electrons. The fourth-order valence-electron chi connectivity index (χ4n) is 2.38. The lowest BCUT2D eigenvalue weighted by atomic mass is 9.91. The number of aryl methyl sites for hydroxylation is 2. The summed E-state index contributed by atoms with van der Waals surface area (Å²) in [4.78, 5) is 0.370. The van der Waals surface area contributed by atoms with E-state index in [1.165, 1.54) is 16.7 Å². The van der Waals surface area contributed by atoms with Gasteiger partial charge in [0.1, 0.15) is 18.0 Å². The first-order chi connectivity index (χ1) is 9.54. The molecule has 0 saturated heterocycles. The van der Waals surface area contributed by atoms with Crippen molar-refractivity contribution in [3.05, 3.63) is 28.8 Å². The van der Waals surface area contributed by atoms with Gasteiger partial charge in [-0.1, -0.05) is 28.1 Å². The summed E-state index contributed by atoms with van der Waals surface area (Å²) in [6.07, 6.45) is 1.20. The molecule has 2 rings (SSSR count). The Morgan fingerprint density at radius 1 is 1.15 bits per heavy atom. The van der Waals surface area contributed by atoms with Gasteiger partial charge in [-0.25, -0.2) is 0 Å². The van der Waals surface area contributed by atoms with Crippen LogP contribution in [0.3, 0.4) is 0 Å².